The van der Waals surface area contributed by atoms with E-state index in [2.05, 4.69) is 22.1 Å². The van der Waals surface area contributed by atoms with E-state index in [-0.39, 0.29) is 11.5 Å². The van der Waals surface area contributed by atoms with Gasteiger partial charge in [0.05, 0.1) is 13.2 Å². The summed E-state index contributed by atoms with van der Waals surface area (Å²) in [6.07, 6.45) is 1.62. The SMILES string of the molecule is Cc1nc(N2CCOCC2)[nH]c(=O)c1CCC(=O)N1CCc2ccccc2C1. The van der Waals surface area contributed by atoms with Crippen LogP contribution in [0.25, 0.3) is 0 Å². The summed E-state index contributed by atoms with van der Waals surface area (Å²) < 4.78 is 5.35. The number of carbonyl (C=O) groups is 1. The molecular formula is C21H26N4O3. The Morgan fingerprint density at radius 1 is 1.18 bits per heavy atom. The lowest BCUT2D eigenvalue weighted by molar-refractivity contribution is -0.132. The molecule has 148 valence electrons. The third kappa shape index (κ3) is 3.94. The summed E-state index contributed by atoms with van der Waals surface area (Å²) in [6, 6.07) is 8.26. The molecule has 2 aromatic rings. The number of aryl methyl sites for hydroxylation is 1. The fourth-order valence-electron chi connectivity index (χ4n) is 3.91. The first kappa shape index (κ1) is 18.7. The van der Waals surface area contributed by atoms with Gasteiger partial charge in [0.25, 0.3) is 5.56 Å². The molecule has 2 aliphatic heterocycles. The quantitative estimate of drug-likeness (QED) is 0.866. The minimum Gasteiger partial charge on any atom is -0.378 e. The number of aromatic amines is 1. The van der Waals surface area contributed by atoms with Crippen LogP contribution < -0.4 is 10.5 Å². The van der Waals surface area contributed by atoms with Gasteiger partial charge < -0.3 is 14.5 Å². The maximum atomic E-state index is 12.7. The molecule has 4 rings (SSSR count). The molecule has 28 heavy (non-hydrogen) atoms. The van der Waals surface area contributed by atoms with Crippen LogP contribution in [0.5, 0.6) is 0 Å². The van der Waals surface area contributed by atoms with Crippen molar-refractivity contribution in [2.45, 2.75) is 32.7 Å². The highest BCUT2D eigenvalue weighted by Crippen LogP contribution is 2.19. The van der Waals surface area contributed by atoms with Crippen molar-refractivity contribution in [3.8, 4) is 0 Å². The van der Waals surface area contributed by atoms with E-state index < -0.39 is 0 Å². The van der Waals surface area contributed by atoms with Gasteiger partial charge in [-0.2, -0.15) is 0 Å². The number of H-pyrrole nitrogens is 1. The van der Waals surface area contributed by atoms with Crippen molar-refractivity contribution < 1.29 is 9.53 Å². The minimum absolute atomic E-state index is 0.0885. The summed E-state index contributed by atoms with van der Waals surface area (Å²) in [7, 11) is 0. The lowest BCUT2D eigenvalue weighted by atomic mass is 9.99. The van der Waals surface area contributed by atoms with E-state index >= 15 is 0 Å². The summed E-state index contributed by atoms with van der Waals surface area (Å²) in [5.41, 5.74) is 3.69. The standard InChI is InChI=1S/C21H26N4O3/c1-15-18(20(27)23-21(22-15)24-10-12-28-13-11-24)6-7-19(26)25-9-8-16-4-2-3-5-17(16)14-25/h2-5H,6-14H2,1H3,(H,22,23,27). The molecule has 2 aliphatic rings. The van der Waals surface area contributed by atoms with Crippen LogP contribution >= 0.6 is 0 Å². The van der Waals surface area contributed by atoms with Crippen LogP contribution in [0, 0.1) is 6.92 Å². The van der Waals surface area contributed by atoms with Crippen LogP contribution in [0.2, 0.25) is 0 Å². The molecule has 0 aliphatic carbocycles. The monoisotopic (exact) mass is 382 g/mol. The van der Waals surface area contributed by atoms with Crippen molar-refractivity contribution in [2.75, 3.05) is 37.7 Å². The average Bonchev–Trinajstić information content (AvgIpc) is 2.73. The van der Waals surface area contributed by atoms with Crippen molar-refractivity contribution in [3.05, 3.63) is 57.0 Å². The number of nitrogens with zero attached hydrogens (tertiary/aromatic N) is 3. The number of fused-ring (bicyclic) bond motifs is 1. The molecule has 0 spiro atoms. The number of aromatic nitrogens is 2. The molecule has 0 saturated carbocycles. The van der Waals surface area contributed by atoms with Crippen LogP contribution in [-0.2, 0) is 28.9 Å². The van der Waals surface area contributed by atoms with Gasteiger partial charge in [0.15, 0.2) is 0 Å². The van der Waals surface area contributed by atoms with Gasteiger partial charge >= 0.3 is 0 Å². The predicted octanol–water partition coefficient (Wildman–Crippen LogP) is 1.43. The number of benzene rings is 1. The fourth-order valence-corrected chi connectivity index (χ4v) is 3.91. The Bertz CT molecular complexity index is 918. The summed E-state index contributed by atoms with van der Waals surface area (Å²) in [4.78, 5) is 36.6. The number of carbonyl (C=O) groups excluding carboxylic acids is 1. The van der Waals surface area contributed by atoms with Gasteiger partial charge in [0, 0.05) is 43.9 Å². The van der Waals surface area contributed by atoms with E-state index in [1.54, 1.807) is 0 Å². The second-order valence-corrected chi connectivity index (χ2v) is 7.39. The van der Waals surface area contributed by atoms with Crippen LogP contribution in [0.3, 0.4) is 0 Å². The Balaban J connectivity index is 1.41. The Morgan fingerprint density at radius 2 is 1.93 bits per heavy atom. The van der Waals surface area contributed by atoms with Crippen molar-refractivity contribution in [3.63, 3.8) is 0 Å². The number of hydrogen-bond acceptors (Lipinski definition) is 5. The molecule has 7 nitrogen and oxygen atoms in total. The Labute approximate surface area is 164 Å². The number of rotatable bonds is 4. The highest BCUT2D eigenvalue weighted by atomic mass is 16.5. The number of morpholine rings is 1. The maximum Gasteiger partial charge on any atom is 0.255 e. The van der Waals surface area contributed by atoms with E-state index in [4.69, 9.17) is 4.74 Å². The molecule has 1 aromatic heterocycles. The Hall–Kier alpha value is -2.67. The molecule has 1 fully saturated rings. The lowest BCUT2D eigenvalue weighted by Gasteiger charge is -2.29. The molecule has 1 saturated heterocycles. The van der Waals surface area contributed by atoms with Crippen molar-refractivity contribution >= 4 is 11.9 Å². The number of nitrogens with one attached hydrogen (secondary N) is 1. The number of anilines is 1. The highest BCUT2D eigenvalue weighted by molar-refractivity contribution is 5.76. The lowest BCUT2D eigenvalue weighted by Crippen LogP contribution is -2.39. The molecule has 3 heterocycles. The third-order valence-corrected chi connectivity index (χ3v) is 5.59. The van der Waals surface area contributed by atoms with Gasteiger partial charge in [0.2, 0.25) is 11.9 Å². The van der Waals surface area contributed by atoms with Gasteiger partial charge in [0.1, 0.15) is 0 Å². The minimum atomic E-state index is -0.147. The zero-order chi connectivity index (χ0) is 19.5. The Morgan fingerprint density at radius 3 is 2.68 bits per heavy atom. The molecule has 0 unspecified atom stereocenters. The van der Waals surface area contributed by atoms with Gasteiger partial charge in [-0.05, 0) is 30.9 Å². The van der Waals surface area contributed by atoms with Gasteiger partial charge in [-0.15, -0.1) is 0 Å². The molecule has 0 radical (unpaired) electrons. The number of amides is 1. The van der Waals surface area contributed by atoms with Crippen molar-refractivity contribution in [1.82, 2.24) is 14.9 Å². The second-order valence-electron chi connectivity index (χ2n) is 7.39. The highest BCUT2D eigenvalue weighted by Gasteiger charge is 2.21. The van der Waals surface area contributed by atoms with Crippen molar-refractivity contribution in [2.24, 2.45) is 0 Å². The normalized spacial score (nSPS) is 16.8. The van der Waals surface area contributed by atoms with Crippen LogP contribution in [0.1, 0.15) is 28.8 Å². The third-order valence-electron chi connectivity index (χ3n) is 5.59. The zero-order valence-electron chi connectivity index (χ0n) is 16.2. The summed E-state index contributed by atoms with van der Waals surface area (Å²) in [5.74, 6) is 0.680. The van der Waals surface area contributed by atoms with E-state index in [1.807, 2.05) is 28.9 Å². The second kappa shape index (κ2) is 8.14. The zero-order valence-corrected chi connectivity index (χ0v) is 16.2. The molecule has 0 bridgehead atoms. The first-order valence-corrected chi connectivity index (χ1v) is 9.89. The number of hydrogen-bond donors (Lipinski definition) is 1. The number of ether oxygens (including phenoxy) is 1. The van der Waals surface area contributed by atoms with Gasteiger partial charge in [-0.25, -0.2) is 4.98 Å². The van der Waals surface area contributed by atoms with E-state index in [0.29, 0.717) is 49.8 Å². The fraction of sp³-hybridized carbons (Fsp3) is 0.476. The van der Waals surface area contributed by atoms with Gasteiger partial charge in [-0.1, -0.05) is 24.3 Å². The smallest absolute Gasteiger partial charge is 0.255 e. The first-order chi connectivity index (χ1) is 13.6. The average molecular weight is 382 g/mol. The van der Waals surface area contributed by atoms with Crippen LogP contribution in [-0.4, -0.2) is 53.6 Å². The topological polar surface area (TPSA) is 78.5 Å². The van der Waals surface area contributed by atoms with Crippen LogP contribution in [0.4, 0.5) is 5.95 Å². The van der Waals surface area contributed by atoms with Crippen molar-refractivity contribution in [1.29, 1.82) is 0 Å². The van der Waals surface area contributed by atoms with E-state index in [0.717, 1.165) is 26.1 Å². The first-order valence-electron chi connectivity index (χ1n) is 9.89. The van der Waals surface area contributed by atoms with Crippen LogP contribution in [0.15, 0.2) is 29.1 Å². The molecule has 0 atom stereocenters. The van der Waals surface area contributed by atoms with E-state index in [9.17, 15) is 9.59 Å². The predicted molar refractivity (Wildman–Crippen MR) is 107 cm³/mol. The largest absolute Gasteiger partial charge is 0.378 e. The molecule has 1 aromatic carbocycles. The molecule has 1 N–H and O–H groups in total. The van der Waals surface area contributed by atoms with Gasteiger partial charge in [-0.3, -0.25) is 14.6 Å². The summed E-state index contributed by atoms with van der Waals surface area (Å²) in [6.45, 7) is 5.94. The Kier molecular flexibility index (Phi) is 5.43. The van der Waals surface area contributed by atoms with E-state index in [1.165, 1.54) is 11.1 Å². The molecular weight excluding hydrogens is 356 g/mol. The molecule has 1 amide bonds. The maximum absolute atomic E-state index is 12.7. The molecule has 7 heteroatoms. The summed E-state index contributed by atoms with van der Waals surface area (Å²) in [5, 5.41) is 0. The summed E-state index contributed by atoms with van der Waals surface area (Å²) >= 11 is 0.